The SMILES string of the molecule is COc1ccc(C(C)C)cc1[C@@H](C1CCC1)N1CCNCC1. The lowest BCUT2D eigenvalue weighted by atomic mass is 9.75. The third-order valence-corrected chi connectivity index (χ3v) is 5.38. The number of rotatable bonds is 5. The van der Waals surface area contributed by atoms with Crippen LogP contribution >= 0.6 is 0 Å². The summed E-state index contributed by atoms with van der Waals surface area (Å²) in [5.41, 5.74) is 2.84. The molecule has 3 heteroatoms. The molecule has 0 aromatic heterocycles. The van der Waals surface area contributed by atoms with Gasteiger partial charge in [-0.3, -0.25) is 4.90 Å². The van der Waals surface area contributed by atoms with Gasteiger partial charge in [-0.05, 0) is 36.3 Å². The van der Waals surface area contributed by atoms with Crippen LogP contribution in [0.3, 0.4) is 0 Å². The smallest absolute Gasteiger partial charge is 0.123 e. The van der Waals surface area contributed by atoms with Gasteiger partial charge in [-0.15, -0.1) is 0 Å². The van der Waals surface area contributed by atoms with Crippen LogP contribution in [-0.4, -0.2) is 38.2 Å². The zero-order valence-corrected chi connectivity index (χ0v) is 14.3. The van der Waals surface area contributed by atoms with Crippen molar-refractivity contribution < 1.29 is 4.74 Å². The van der Waals surface area contributed by atoms with Crippen LogP contribution in [0.4, 0.5) is 0 Å². The van der Waals surface area contributed by atoms with E-state index in [4.69, 9.17) is 4.74 Å². The van der Waals surface area contributed by atoms with E-state index in [9.17, 15) is 0 Å². The molecular weight excluding hydrogens is 272 g/mol. The molecule has 1 heterocycles. The third kappa shape index (κ3) is 3.16. The molecule has 1 aromatic carbocycles. The van der Waals surface area contributed by atoms with E-state index in [1.807, 2.05) is 7.11 Å². The van der Waals surface area contributed by atoms with E-state index in [-0.39, 0.29) is 0 Å². The first-order chi connectivity index (χ1) is 10.7. The first kappa shape index (κ1) is 15.8. The Hall–Kier alpha value is -1.06. The summed E-state index contributed by atoms with van der Waals surface area (Å²) in [6.45, 7) is 9.06. The molecule has 1 atom stereocenters. The monoisotopic (exact) mass is 302 g/mol. The maximum atomic E-state index is 5.73. The average molecular weight is 302 g/mol. The number of nitrogens with one attached hydrogen (secondary N) is 1. The molecule has 0 amide bonds. The molecule has 0 unspecified atom stereocenters. The van der Waals surface area contributed by atoms with Gasteiger partial charge >= 0.3 is 0 Å². The summed E-state index contributed by atoms with van der Waals surface area (Å²) in [5.74, 6) is 2.43. The largest absolute Gasteiger partial charge is 0.496 e. The number of ether oxygens (including phenoxy) is 1. The van der Waals surface area contributed by atoms with E-state index < -0.39 is 0 Å². The van der Waals surface area contributed by atoms with Gasteiger partial charge in [0.1, 0.15) is 5.75 Å². The van der Waals surface area contributed by atoms with Crippen molar-refractivity contribution in [3.8, 4) is 5.75 Å². The van der Waals surface area contributed by atoms with Crippen molar-refractivity contribution in [2.24, 2.45) is 5.92 Å². The zero-order chi connectivity index (χ0) is 15.5. The van der Waals surface area contributed by atoms with Crippen LogP contribution in [0.5, 0.6) is 5.75 Å². The summed E-state index contributed by atoms with van der Waals surface area (Å²) < 4.78 is 5.73. The Morgan fingerprint density at radius 1 is 1.18 bits per heavy atom. The predicted molar refractivity (Wildman–Crippen MR) is 91.6 cm³/mol. The quantitative estimate of drug-likeness (QED) is 0.900. The minimum absolute atomic E-state index is 0.532. The van der Waals surface area contributed by atoms with Crippen LogP contribution in [0.15, 0.2) is 18.2 Å². The average Bonchev–Trinajstić information content (AvgIpc) is 2.51. The molecule has 1 saturated heterocycles. The highest BCUT2D eigenvalue weighted by atomic mass is 16.5. The molecule has 122 valence electrons. The van der Waals surface area contributed by atoms with Gasteiger partial charge < -0.3 is 10.1 Å². The number of nitrogens with zero attached hydrogens (tertiary/aromatic N) is 1. The van der Waals surface area contributed by atoms with Crippen molar-refractivity contribution in [3.05, 3.63) is 29.3 Å². The van der Waals surface area contributed by atoms with E-state index in [1.165, 1.54) is 30.4 Å². The molecule has 0 spiro atoms. The van der Waals surface area contributed by atoms with Gasteiger partial charge in [0, 0.05) is 37.8 Å². The lowest BCUT2D eigenvalue weighted by molar-refractivity contribution is 0.0818. The summed E-state index contributed by atoms with van der Waals surface area (Å²) in [6.07, 6.45) is 4.12. The highest BCUT2D eigenvalue weighted by Crippen LogP contribution is 2.44. The van der Waals surface area contributed by atoms with Crippen molar-refractivity contribution in [2.75, 3.05) is 33.3 Å². The Balaban J connectivity index is 1.96. The van der Waals surface area contributed by atoms with Crippen LogP contribution in [0, 0.1) is 5.92 Å². The van der Waals surface area contributed by atoms with Gasteiger partial charge in [-0.1, -0.05) is 32.4 Å². The standard InChI is InChI=1S/C19H30N2O/c1-14(2)16-7-8-18(22-3)17(13-16)19(15-5-4-6-15)21-11-9-20-10-12-21/h7-8,13-15,19-20H,4-6,9-12H2,1-3H3/t19-/m1/s1. The van der Waals surface area contributed by atoms with Gasteiger partial charge in [0.05, 0.1) is 7.11 Å². The molecule has 1 aromatic rings. The fourth-order valence-corrected chi connectivity index (χ4v) is 3.81. The lowest BCUT2D eigenvalue weighted by Crippen LogP contribution is -2.48. The van der Waals surface area contributed by atoms with Gasteiger partial charge in [-0.2, -0.15) is 0 Å². The topological polar surface area (TPSA) is 24.5 Å². The Morgan fingerprint density at radius 2 is 1.91 bits per heavy atom. The second kappa shape index (κ2) is 7.01. The van der Waals surface area contributed by atoms with Crippen LogP contribution in [-0.2, 0) is 0 Å². The van der Waals surface area contributed by atoms with Crippen molar-refractivity contribution >= 4 is 0 Å². The second-order valence-electron chi connectivity index (χ2n) is 7.08. The van der Waals surface area contributed by atoms with E-state index in [0.717, 1.165) is 37.8 Å². The molecule has 2 fully saturated rings. The summed E-state index contributed by atoms with van der Waals surface area (Å²) in [7, 11) is 1.81. The van der Waals surface area contributed by atoms with E-state index in [0.29, 0.717) is 12.0 Å². The van der Waals surface area contributed by atoms with Crippen molar-refractivity contribution in [1.29, 1.82) is 0 Å². The number of hydrogen-bond donors (Lipinski definition) is 1. The Morgan fingerprint density at radius 3 is 2.45 bits per heavy atom. The van der Waals surface area contributed by atoms with Crippen LogP contribution < -0.4 is 10.1 Å². The Bertz CT molecular complexity index is 490. The Labute approximate surface area is 135 Å². The fraction of sp³-hybridized carbons (Fsp3) is 0.684. The minimum Gasteiger partial charge on any atom is -0.496 e. The van der Waals surface area contributed by atoms with Crippen LogP contribution in [0.1, 0.15) is 56.2 Å². The third-order valence-electron chi connectivity index (χ3n) is 5.38. The van der Waals surface area contributed by atoms with Crippen LogP contribution in [0.25, 0.3) is 0 Å². The number of benzene rings is 1. The maximum Gasteiger partial charge on any atom is 0.123 e. The molecule has 1 aliphatic heterocycles. The number of hydrogen-bond acceptors (Lipinski definition) is 3. The molecule has 2 aliphatic rings. The van der Waals surface area contributed by atoms with E-state index >= 15 is 0 Å². The van der Waals surface area contributed by atoms with Crippen LogP contribution in [0.2, 0.25) is 0 Å². The Kier molecular flexibility index (Phi) is 5.04. The molecule has 1 aliphatic carbocycles. The minimum atomic E-state index is 0.532. The fourth-order valence-electron chi connectivity index (χ4n) is 3.81. The maximum absolute atomic E-state index is 5.73. The highest BCUT2D eigenvalue weighted by molar-refractivity contribution is 5.41. The molecule has 1 N–H and O–H groups in total. The highest BCUT2D eigenvalue weighted by Gasteiger charge is 2.35. The molecular formula is C19H30N2O. The molecule has 1 saturated carbocycles. The second-order valence-corrected chi connectivity index (χ2v) is 7.08. The zero-order valence-electron chi connectivity index (χ0n) is 14.3. The normalized spacial score (nSPS) is 21.6. The van der Waals surface area contributed by atoms with Gasteiger partial charge in [-0.25, -0.2) is 0 Å². The lowest BCUT2D eigenvalue weighted by Gasteiger charge is -2.43. The molecule has 22 heavy (non-hydrogen) atoms. The number of piperazine rings is 1. The number of methoxy groups -OCH3 is 1. The molecule has 0 radical (unpaired) electrons. The summed E-state index contributed by atoms with van der Waals surface area (Å²) in [4.78, 5) is 2.68. The van der Waals surface area contributed by atoms with Gasteiger partial charge in [0.15, 0.2) is 0 Å². The molecule has 0 bridgehead atoms. The van der Waals surface area contributed by atoms with Crippen molar-refractivity contribution in [3.63, 3.8) is 0 Å². The summed E-state index contributed by atoms with van der Waals surface area (Å²) in [5, 5.41) is 3.48. The van der Waals surface area contributed by atoms with Gasteiger partial charge in [0.2, 0.25) is 0 Å². The van der Waals surface area contributed by atoms with Crippen molar-refractivity contribution in [2.45, 2.75) is 45.1 Å². The van der Waals surface area contributed by atoms with E-state index in [1.54, 1.807) is 0 Å². The summed E-state index contributed by atoms with van der Waals surface area (Å²) >= 11 is 0. The van der Waals surface area contributed by atoms with Crippen molar-refractivity contribution in [1.82, 2.24) is 10.2 Å². The first-order valence-corrected chi connectivity index (χ1v) is 8.83. The van der Waals surface area contributed by atoms with E-state index in [2.05, 4.69) is 42.3 Å². The van der Waals surface area contributed by atoms with Gasteiger partial charge in [0.25, 0.3) is 0 Å². The first-order valence-electron chi connectivity index (χ1n) is 8.83. The summed E-state index contributed by atoms with van der Waals surface area (Å²) in [6, 6.07) is 7.35. The predicted octanol–water partition coefficient (Wildman–Crippen LogP) is 3.57. The molecule has 3 nitrogen and oxygen atoms in total. The molecule has 3 rings (SSSR count).